The maximum absolute atomic E-state index is 12.7. The van der Waals surface area contributed by atoms with E-state index in [4.69, 9.17) is 9.57 Å². The highest BCUT2D eigenvalue weighted by molar-refractivity contribution is 5.95. The average Bonchev–Trinajstić information content (AvgIpc) is 3.13. The summed E-state index contributed by atoms with van der Waals surface area (Å²) >= 11 is 0. The summed E-state index contributed by atoms with van der Waals surface area (Å²) in [6, 6.07) is 27.9. The molecule has 0 fully saturated rings. The van der Waals surface area contributed by atoms with Gasteiger partial charge in [-0.2, -0.15) is 0 Å². The lowest BCUT2D eigenvalue weighted by molar-refractivity contribution is -0.130. The van der Waals surface area contributed by atoms with Gasteiger partial charge in [-0.25, -0.2) is 0 Å². The first-order chi connectivity index (χ1) is 14.7. The molecule has 0 aliphatic carbocycles. The van der Waals surface area contributed by atoms with Crippen molar-refractivity contribution in [2.45, 2.75) is 25.9 Å². The second kappa shape index (κ2) is 8.97. The van der Waals surface area contributed by atoms with Crippen LogP contribution >= 0.6 is 0 Å². The van der Waals surface area contributed by atoms with Crippen molar-refractivity contribution in [1.82, 2.24) is 5.06 Å². The Labute approximate surface area is 177 Å². The molecule has 1 aliphatic rings. The van der Waals surface area contributed by atoms with E-state index in [1.807, 2.05) is 77.9 Å². The lowest BCUT2D eigenvalue weighted by Crippen LogP contribution is -2.25. The molecule has 1 unspecified atom stereocenters. The van der Waals surface area contributed by atoms with E-state index in [2.05, 4.69) is 12.1 Å². The van der Waals surface area contributed by atoms with Gasteiger partial charge in [0.25, 0.3) is 0 Å². The Kier molecular flexibility index (Phi) is 5.96. The molecule has 3 aromatic carbocycles. The second-order valence-corrected chi connectivity index (χ2v) is 7.38. The van der Waals surface area contributed by atoms with Crippen molar-refractivity contribution < 1.29 is 14.4 Å². The molecular formula is C26H25NO3. The van der Waals surface area contributed by atoms with Crippen LogP contribution in [0.2, 0.25) is 0 Å². The first kappa shape index (κ1) is 19.9. The van der Waals surface area contributed by atoms with Gasteiger partial charge in [0.05, 0.1) is 19.2 Å². The number of ketones is 1. The van der Waals surface area contributed by atoms with E-state index in [1.54, 1.807) is 14.0 Å². The van der Waals surface area contributed by atoms with E-state index in [0.717, 1.165) is 22.4 Å². The Hall–Kier alpha value is -3.37. The fourth-order valence-electron chi connectivity index (χ4n) is 3.84. The normalized spacial score (nSPS) is 16.4. The molecule has 0 amide bonds. The maximum atomic E-state index is 12.7. The number of carbonyl (C=O) groups excluding carboxylic acids is 1. The number of methoxy groups -OCH3 is 1. The number of hydroxylamine groups is 2. The molecule has 1 heterocycles. The number of ether oxygens (including phenoxy) is 1. The highest BCUT2D eigenvalue weighted by Gasteiger charge is 2.38. The quantitative estimate of drug-likeness (QED) is 0.543. The van der Waals surface area contributed by atoms with E-state index in [1.165, 1.54) is 0 Å². The van der Waals surface area contributed by atoms with Crippen molar-refractivity contribution in [3.05, 3.63) is 113 Å². The van der Waals surface area contributed by atoms with Crippen LogP contribution in [0.5, 0.6) is 5.75 Å². The monoisotopic (exact) mass is 399 g/mol. The van der Waals surface area contributed by atoms with E-state index in [-0.39, 0.29) is 11.8 Å². The summed E-state index contributed by atoms with van der Waals surface area (Å²) in [4.78, 5) is 19.1. The summed E-state index contributed by atoms with van der Waals surface area (Å²) in [5.41, 5.74) is 3.96. The molecule has 0 saturated heterocycles. The fourth-order valence-corrected chi connectivity index (χ4v) is 3.84. The summed E-state index contributed by atoms with van der Waals surface area (Å²) in [7, 11) is 1.65. The zero-order valence-corrected chi connectivity index (χ0v) is 17.2. The number of rotatable bonds is 7. The van der Waals surface area contributed by atoms with Crippen molar-refractivity contribution in [3.63, 3.8) is 0 Å². The third-order valence-corrected chi connectivity index (χ3v) is 5.29. The SMILES string of the molecule is COc1ccc(CC2=C(C(C)=O)C(c3ccccc3)N(Cc3ccccc3)O2)cc1. The number of Topliss-reactive ketones (excluding diaryl/α,β-unsaturated/α-hetero) is 1. The van der Waals surface area contributed by atoms with Gasteiger partial charge in [-0.15, -0.1) is 5.06 Å². The van der Waals surface area contributed by atoms with Gasteiger partial charge in [-0.3, -0.25) is 4.79 Å². The largest absolute Gasteiger partial charge is 0.497 e. The van der Waals surface area contributed by atoms with Gasteiger partial charge in [-0.05, 0) is 35.7 Å². The summed E-state index contributed by atoms with van der Waals surface area (Å²) in [6.45, 7) is 2.21. The minimum atomic E-state index is -0.239. The number of carbonyl (C=O) groups is 1. The number of benzene rings is 3. The Morgan fingerprint density at radius 3 is 2.13 bits per heavy atom. The van der Waals surface area contributed by atoms with Gasteiger partial charge < -0.3 is 9.57 Å². The lowest BCUT2D eigenvalue weighted by Gasteiger charge is -2.24. The molecule has 1 aliphatic heterocycles. The van der Waals surface area contributed by atoms with Gasteiger partial charge in [0, 0.05) is 6.42 Å². The summed E-state index contributed by atoms with van der Waals surface area (Å²) in [6.07, 6.45) is 0.549. The molecule has 4 rings (SSSR count). The Bertz CT molecular complexity index is 1030. The van der Waals surface area contributed by atoms with Crippen LogP contribution < -0.4 is 4.74 Å². The molecule has 4 nitrogen and oxygen atoms in total. The van der Waals surface area contributed by atoms with Crippen molar-refractivity contribution in [1.29, 1.82) is 0 Å². The van der Waals surface area contributed by atoms with Gasteiger partial charge in [0.15, 0.2) is 5.78 Å². The number of hydrogen-bond acceptors (Lipinski definition) is 4. The molecule has 30 heavy (non-hydrogen) atoms. The van der Waals surface area contributed by atoms with E-state index < -0.39 is 0 Å². The molecule has 0 N–H and O–H groups in total. The van der Waals surface area contributed by atoms with Crippen LogP contribution in [0, 0.1) is 0 Å². The van der Waals surface area contributed by atoms with E-state index in [9.17, 15) is 4.79 Å². The Balaban J connectivity index is 1.70. The fraction of sp³-hybridized carbons (Fsp3) is 0.192. The van der Waals surface area contributed by atoms with Crippen LogP contribution in [0.25, 0.3) is 0 Å². The van der Waals surface area contributed by atoms with Crippen LogP contribution in [0.15, 0.2) is 96.3 Å². The molecule has 0 saturated carbocycles. The second-order valence-electron chi connectivity index (χ2n) is 7.38. The topological polar surface area (TPSA) is 38.8 Å². The summed E-state index contributed by atoms with van der Waals surface area (Å²) in [5, 5.41) is 1.92. The molecule has 1 atom stereocenters. The minimum Gasteiger partial charge on any atom is -0.497 e. The molecule has 0 aromatic heterocycles. The molecular weight excluding hydrogens is 374 g/mol. The molecule has 0 radical (unpaired) electrons. The summed E-state index contributed by atoms with van der Waals surface area (Å²) in [5.74, 6) is 1.54. The van der Waals surface area contributed by atoms with E-state index in [0.29, 0.717) is 24.3 Å². The number of nitrogens with zero attached hydrogens (tertiary/aromatic N) is 1. The molecule has 0 bridgehead atoms. The van der Waals surface area contributed by atoms with Crippen LogP contribution in [0.1, 0.15) is 29.7 Å². The standard InChI is InChI=1S/C26H25NO3/c1-19(28)25-24(17-20-13-15-23(29-2)16-14-20)30-27(18-21-9-5-3-6-10-21)26(25)22-11-7-4-8-12-22/h3-16,26H,17-18H2,1-2H3. The Morgan fingerprint density at radius 2 is 1.53 bits per heavy atom. The number of hydrogen-bond donors (Lipinski definition) is 0. The highest BCUT2D eigenvalue weighted by Crippen LogP contribution is 2.40. The maximum Gasteiger partial charge on any atom is 0.161 e. The average molecular weight is 399 g/mol. The smallest absolute Gasteiger partial charge is 0.161 e. The van der Waals surface area contributed by atoms with Gasteiger partial charge in [-0.1, -0.05) is 72.8 Å². The predicted octanol–water partition coefficient (Wildman–Crippen LogP) is 5.27. The van der Waals surface area contributed by atoms with Gasteiger partial charge in [0.1, 0.15) is 17.6 Å². The molecule has 3 aromatic rings. The first-order valence-corrected chi connectivity index (χ1v) is 10.1. The van der Waals surface area contributed by atoms with Gasteiger partial charge >= 0.3 is 0 Å². The van der Waals surface area contributed by atoms with Crippen LogP contribution in [-0.2, 0) is 22.6 Å². The Morgan fingerprint density at radius 1 is 0.900 bits per heavy atom. The van der Waals surface area contributed by atoms with E-state index >= 15 is 0 Å². The van der Waals surface area contributed by atoms with Crippen LogP contribution in [0.4, 0.5) is 0 Å². The van der Waals surface area contributed by atoms with Gasteiger partial charge in [0.2, 0.25) is 0 Å². The molecule has 0 spiro atoms. The number of allylic oxidation sites excluding steroid dienone is 1. The van der Waals surface area contributed by atoms with Crippen LogP contribution in [-0.4, -0.2) is 18.0 Å². The minimum absolute atomic E-state index is 0.0305. The highest BCUT2D eigenvalue weighted by atomic mass is 16.7. The zero-order valence-electron chi connectivity index (χ0n) is 17.2. The van der Waals surface area contributed by atoms with Crippen molar-refractivity contribution in [2.24, 2.45) is 0 Å². The van der Waals surface area contributed by atoms with Crippen molar-refractivity contribution >= 4 is 5.78 Å². The lowest BCUT2D eigenvalue weighted by atomic mass is 9.93. The molecule has 4 heteroatoms. The molecule has 152 valence electrons. The third-order valence-electron chi connectivity index (χ3n) is 5.29. The van der Waals surface area contributed by atoms with Crippen molar-refractivity contribution in [3.8, 4) is 5.75 Å². The first-order valence-electron chi connectivity index (χ1n) is 10.1. The van der Waals surface area contributed by atoms with Crippen LogP contribution in [0.3, 0.4) is 0 Å². The predicted molar refractivity (Wildman–Crippen MR) is 117 cm³/mol. The summed E-state index contributed by atoms with van der Waals surface area (Å²) < 4.78 is 5.25. The zero-order chi connectivity index (χ0) is 20.9. The third kappa shape index (κ3) is 4.29. The van der Waals surface area contributed by atoms with Crippen molar-refractivity contribution in [2.75, 3.05) is 7.11 Å².